The number of esters is 1. The van der Waals surface area contributed by atoms with Crippen molar-refractivity contribution in [1.82, 2.24) is 4.90 Å². The van der Waals surface area contributed by atoms with Gasteiger partial charge in [0.15, 0.2) is 6.61 Å². The summed E-state index contributed by atoms with van der Waals surface area (Å²) >= 11 is 1.38. The molecule has 6 heteroatoms. The van der Waals surface area contributed by atoms with Gasteiger partial charge in [-0.25, -0.2) is 0 Å². The van der Waals surface area contributed by atoms with Gasteiger partial charge in [0.1, 0.15) is 0 Å². The van der Waals surface area contributed by atoms with Crippen LogP contribution in [0.15, 0.2) is 42.5 Å². The Labute approximate surface area is 156 Å². The minimum absolute atomic E-state index is 0.0388. The van der Waals surface area contributed by atoms with Crippen LogP contribution in [0.2, 0.25) is 0 Å². The molecule has 26 heavy (non-hydrogen) atoms. The molecule has 1 saturated heterocycles. The van der Waals surface area contributed by atoms with E-state index in [0.29, 0.717) is 18.0 Å². The minimum Gasteiger partial charge on any atom is -0.457 e. The first-order valence-electron chi connectivity index (χ1n) is 8.61. The highest BCUT2D eigenvalue weighted by atomic mass is 32.1. The highest BCUT2D eigenvalue weighted by Gasteiger charge is 2.35. The van der Waals surface area contributed by atoms with E-state index in [-0.39, 0.29) is 24.7 Å². The molecule has 5 nitrogen and oxygen atoms in total. The van der Waals surface area contributed by atoms with Crippen molar-refractivity contribution in [3.8, 4) is 0 Å². The highest BCUT2D eigenvalue weighted by molar-refractivity contribution is 7.14. The van der Waals surface area contributed by atoms with Gasteiger partial charge in [-0.2, -0.15) is 0 Å². The number of carbonyl (C=O) groups excluding carboxylic acids is 3. The molecule has 0 saturated carbocycles. The second-order valence-corrected chi connectivity index (χ2v) is 7.71. The van der Waals surface area contributed by atoms with Crippen molar-refractivity contribution in [3.63, 3.8) is 0 Å². The van der Waals surface area contributed by atoms with E-state index in [2.05, 4.69) is 0 Å². The van der Waals surface area contributed by atoms with Gasteiger partial charge >= 0.3 is 5.97 Å². The molecule has 3 rings (SSSR count). The fourth-order valence-corrected chi connectivity index (χ4v) is 3.76. The van der Waals surface area contributed by atoms with Gasteiger partial charge in [0.05, 0.1) is 10.8 Å². The zero-order chi connectivity index (χ0) is 18.5. The Balaban J connectivity index is 1.46. The summed E-state index contributed by atoms with van der Waals surface area (Å²) in [5.74, 6) is -1.21. The fraction of sp³-hybridized carbons (Fsp3) is 0.350. The summed E-state index contributed by atoms with van der Waals surface area (Å²) in [5.41, 5.74) is 1.16. The van der Waals surface area contributed by atoms with E-state index < -0.39 is 11.9 Å². The van der Waals surface area contributed by atoms with Gasteiger partial charge in [-0.1, -0.05) is 30.3 Å². The predicted molar refractivity (Wildman–Crippen MR) is 99.2 cm³/mol. The van der Waals surface area contributed by atoms with E-state index in [0.717, 1.165) is 16.9 Å². The van der Waals surface area contributed by atoms with Crippen molar-refractivity contribution < 1.29 is 19.1 Å². The van der Waals surface area contributed by atoms with E-state index in [1.54, 1.807) is 11.0 Å². The number of amides is 1. The van der Waals surface area contributed by atoms with Crippen LogP contribution >= 0.6 is 11.3 Å². The molecule has 1 atom stereocenters. The minimum atomic E-state index is -0.490. The topological polar surface area (TPSA) is 63.7 Å². The van der Waals surface area contributed by atoms with Crippen molar-refractivity contribution in [2.24, 2.45) is 5.92 Å². The largest absolute Gasteiger partial charge is 0.457 e. The first-order valence-corrected chi connectivity index (χ1v) is 9.42. The normalized spacial score (nSPS) is 16.7. The van der Waals surface area contributed by atoms with Crippen LogP contribution in [0.3, 0.4) is 0 Å². The number of aryl methyl sites for hydroxylation is 1. The average Bonchev–Trinajstić information content (AvgIpc) is 3.24. The van der Waals surface area contributed by atoms with Crippen molar-refractivity contribution in [1.29, 1.82) is 0 Å². The van der Waals surface area contributed by atoms with Crippen LogP contribution in [-0.4, -0.2) is 42.3 Å². The van der Waals surface area contributed by atoms with Crippen LogP contribution in [0.4, 0.5) is 0 Å². The van der Waals surface area contributed by atoms with Crippen molar-refractivity contribution in [2.45, 2.75) is 19.8 Å². The Morgan fingerprint density at radius 2 is 1.96 bits per heavy atom. The van der Waals surface area contributed by atoms with Crippen LogP contribution in [-0.2, 0) is 20.7 Å². The lowest BCUT2D eigenvalue weighted by atomic mass is 10.1. The number of carbonyl (C=O) groups is 3. The second-order valence-electron chi connectivity index (χ2n) is 6.42. The predicted octanol–water partition coefficient (Wildman–Crippen LogP) is 2.87. The van der Waals surface area contributed by atoms with Gasteiger partial charge < -0.3 is 9.64 Å². The number of likely N-dealkylation sites (tertiary alicyclic amines) is 1. The summed E-state index contributed by atoms with van der Waals surface area (Å²) in [4.78, 5) is 39.7. The van der Waals surface area contributed by atoms with Crippen molar-refractivity contribution in [3.05, 3.63) is 57.8 Å². The molecule has 0 N–H and O–H groups in total. The monoisotopic (exact) mass is 371 g/mol. The first kappa shape index (κ1) is 18.3. The van der Waals surface area contributed by atoms with Gasteiger partial charge in [-0.05, 0) is 31.0 Å². The fourth-order valence-electron chi connectivity index (χ4n) is 2.96. The van der Waals surface area contributed by atoms with E-state index in [4.69, 9.17) is 4.74 Å². The van der Waals surface area contributed by atoms with Gasteiger partial charge in [-0.15, -0.1) is 11.3 Å². The molecule has 0 radical (unpaired) electrons. The standard InChI is InChI=1S/C20H21NO4S/c1-14-7-8-18(26-14)17(22)13-25-20(24)16-11-19(23)21(12-16)10-9-15-5-3-2-4-6-15/h2-8,16H,9-13H2,1H3. The molecule has 1 unspecified atom stereocenters. The SMILES string of the molecule is Cc1ccc(C(=O)COC(=O)C2CC(=O)N(CCc3ccccc3)C2)s1. The Hall–Kier alpha value is -2.47. The van der Waals surface area contributed by atoms with Gasteiger partial charge in [-0.3, -0.25) is 14.4 Å². The van der Waals surface area contributed by atoms with E-state index in [1.807, 2.05) is 43.3 Å². The molecule has 136 valence electrons. The molecular weight excluding hydrogens is 350 g/mol. The molecule has 2 heterocycles. The molecule has 0 bridgehead atoms. The molecule has 0 aliphatic carbocycles. The third-order valence-corrected chi connectivity index (χ3v) is 5.46. The number of hydrogen-bond donors (Lipinski definition) is 0. The summed E-state index contributed by atoms with van der Waals surface area (Å²) in [6, 6.07) is 13.5. The summed E-state index contributed by atoms with van der Waals surface area (Å²) in [6.07, 6.45) is 0.907. The molecular formula is C20H21NO4S. The molecule has 1 fully saturated rings. The summed E-state index contributed by atoms with van der Waals surface area (Å²) in [6.45, 7) is 2.59. The van der Waals surface area contributed by atoms with E-state index >= 15 is 0 Å². The number of thiophene rings is 1. The molecule has 1 aromatic heterocycles. The quantitative estimate of drug-likeness (QED) is 0.555. The lowest BCUT2D eigenvalue weighted by molar-refractivity contribution is -0.147. The number of rotatable bonds is 7. The Morgan fingerprint density at radius 1 is 1.19 bits per heavy atom. The lowest BCUT2D eigenvalue weighted by Crippen LogP contribution is -2.29. The Morgan fingerprint density at radius 3 is 2.65 bits per heavy atom. The zero-order valence-electron chi connectivity index (χ0n) is 14.6. The highest BCUT2D eigenvalue weighted by Crippen LogP contribution is 2.20. The summed E-state index contributed by atoms with van der Waals surface area (Å²) < 4.78 is 5.15. The van der Waals surface area contributed by atoms with Crippen molar-refractivity contribution >= 4 is 29.0 Å². The molecule has 2 aromatic rings. The lowest BCUT2D eigenvalue weighted by Gasteiger charge is -2.16. The third kappa shape index (κ3) is 4.58. The number of ketones is 1. The van der Waals surface area contributed by atoms with E-state index in [9.17, 15) is 14.4 Å². The molecule has 1 aliphatic heterocycles. The maximum atomic E-state index is 12.2. The second kappa shape index (κ2) is 8.27. The van der Waals surface area contributed by atoms with Gasteiger partial charge in [0.25, 0.3) is 0 Å². The van der Waals surface area contributed by atoms with Crippen LogP contribution < -0.4 is 0 Å². The molecule has 0 spiro atoms. The number of benzene rings is 1. The van der Waals surface area contributed by atoms with Gasteiger partial charge in [0.2, 0.25) is 11.7 Å². The van der Waals surface area contributed by atoms with Crippen LogP contribution in [0.25, 0.3) is 0 Å². The van der Waals surface area contributed by atoms with Crippen LogP contribution in [0.5, 0.6) is 0 Å². The van der Waals surface area contributed by atoms with Crippen LogP contribution in [0.1, 0.15) is 26.5 Å². The number of hydrogen-bond acceptors (Lipinski definition) is 5. The number of ether oxygens (including phenoxy) is 1. The molecule has 1 aromatic carbocycles. The Bertz CT molecular complexity index is 799. The zero-order valence-corrected chi connectivity index (χ0v) is 15.5. The van der Waals surface area contributed by atoms with E-state index in [1.165, 1.54) is 11.3 Å². The maximum absolute atomic E-state index is 12.2. The summed E-state index contributed by atoms with van der Waals surface area (Å²) in [7, 11) is 0. The third-order valence-electron chi connectivity index (χ3n) is 4.42. The first-order chi connectivity index (χ1) is 12.5. The van der Waals surface area contributed by atoms with Crippen molar-refractivity contribution in [2.75, 3.05) is 19.7 Å². The number of nitrogens with zero attached hydrogens (tertiary/aromatic N) is 1. The summed E-state index contributed by atoms with van der Waals surface area (Å²) in [5, 5.41) is 0. The smallest absolute Gasteiger partial charge is 0.311 e. The maximum Gasteiger partial charge on any atom is 0.311 e. The Kier molecular flexibility index (Phi) is 5.83. The molecule has 1 amide bonds. The van der Waals surface area contributed by atoms with Crippen LogP contribution in [0, 0.1) is 12.8 Å². The number of Topliss-reactive ketones (excluding diaryl/α,β-unsaturated/α-hetero) is 1. The molecule has 1 aliphatic rings. The van der Waals surface area contributed by atoms with Gasteiger partial charge in [0, 0.05) is 24.4 Å². The average molecular weight is 371 g/mol.